The summed E-state index contributed by atoms with van der Waals surface area (Å²) < 4.78 is 0. The van der Waals surface area contributed by atoms with Crippen molar-refractivity contribution in [1.29, 1.82) is 0 Å². The van der Waals surface area contributed by atoms with Crippen LogP contribution in [0.3, 0.4) is 0 Å². The predicted octanol–water partition coefficient (Wildman–Crippen LogP) is 0.830. The Kier molecular flexibility index (Phi) is 2.83. The van der Waals surface area contributed by atoms with Crippen LogP contribution in [-0.2, 0) is 0 Å². The summed E-state index contributed by atoms with van der Waals surface area (Å²) >= 11 is 0. The van der Waals surface area contributed by atoms with Crippen molar-refractivity contribution in [2.24, 2.45) is 0 Å². The van der Waals surface area contributed by atoms with E-state index in [0.717, 1.165) is 5.56 Å². The molecule has 0 aromatic heterocycles. The minimum atomic E-state index is -0.252. The number of nitrogens with two attached hydrogens (primary N) is 1. The van der Waals surface area contributed by atoms with Crippen LogP contribution in [0.25, 0.3) is 0 Å². The van der Waals surface area contributed by atoms with Gasteiger partial charge in [0.05, 0.1) is 6.10 Å². The lowest BCUT2D eigenvalue weighted by atomic mass is 9.89. The summed E-state index contributed by atoms with van der Waals surface area (Å²) in [5.41, 5.74) is 7.80. The third kappa shape index (κ3) is 2.17. The summed E-state index contributed by atoms with van der Waals surface area (Å²) in [6, 6.07) is 5.34. The van der Waals surface area contributed by atoms with Gasteiger partial charge in [-0.15, -0.1) is 0 Å². The molecule has 1 fully saturated rings. The van der Waals surface area contributed by atoms with Gasteiger partial charge in [-0.1, -0.05) is 0 Å². The third-order valence-electron chi connectivity index (χ3n) is 2.94. The number of hydrogen-bond donors (Lipinski definition) is 3. The van der Waals surface area contributed by atoms with Gasteiger partial charge < -0.3 is 16.2 Å². The van der Waals surface area contributed by atoms with Crippen molar-refractivity contribution in [2.45, 2.75) is 31.9 Å². The topological polar surface area (TPSA) is 75.4 Å². The van der Waals surface area contributed by atoms with Crippen molar-refractivity contribution in [3.05, 3.63) is 29.3 Å². The van der Waals surface area contributed by atoms with Crippen molar-refractivity contribution >= 4 is 11.6 Å². The van der Waals surface area contributed by atoms with Crippen molar-refractivity contribution in [3.8, 4) is 0 Å². The number of hydrogen-bond acceptors (Lipinski definition) is 3. The molecule has 1 aromatic carbocycles. The molecule has 1 amide bonds. The van der Waals surface area contributed by atoms with Gasteiger partial charge in [-0.05, 0) is 43.5 Å². The fraction of sp³-hybridized carbons (Fsp3) is 0.417. The largest absolute Gasteiger partial charge is 0.399 e. The van der Waals surface area contributed by atoms with E-state index in [2.05, 4.69) is 5.32 Å². The van der Waals surface area contributed by atoms with Crippen LogP contribution in [0.4, 0.5) is 5.69 Å². The van der Waals surface area contributed by atoms with E-state index in [1.54, 1.807) is 18.2 Å². The first-order valence-corrected chi connectivity index (χ1v) is 5.41. The van der Waals surface area contributed by atoms with Crippen LogP contribution in [-0.4, -0.2) is 23.2 Å². The van der Waals surface area contributed by atoms with Crippen LogP contribution in [0.1, 0.15) is 28.8 Å². The Balaban J connectivity index is 2.03. The molecular formula is C12H16N2O2. The molecule has 0 radical (unpaired) electrons. The standard InChI is InChI=1S/C12H16N2O2/c1-7-4-8(13)2-3-11(7)12(16)14-9-5-10(15)6-9/h2-4,9-10,15H,5-6,13H2,1H3,(H,14,16). The molecule has 0 heterocycles. The minimum absolute atomic E-state index is 0.0885. The Morgan fingerprint density at radius 1 is 1.50 bits per heavy atom. The lowest BCUT2D eigenvalue weighted by molar-refractivity contribution is 0.0562. The normalized spacial score (nSPS) is 23.6. The van der Waals surface area contributed by atoms with Crippen LogP contribution >= 0.6 is 0 Å². The summed E-state index contributed by atoms with van der Waals surface area (Å²) in [5.74, 6) is -0.0885. The number of carbonyl (C=O) groups is 1. The van der Waals surface area contributed by atoms with Crippen molar-refractivity contribution in [3.63, 3.8) is 0 Å². The van der Waals surface area contributed by atoms with Gasteiger partial charge in [-0.3, -0.25) is 4.79 Å². The smallest absolute Gasteiger partial charge is 0.251 e. The molecule has 0 atom stereocenters. The van der Waals surface area contributed by atoms with E-state index < -0.39 is 0 Å². The Bertz CT molecular complexity index is 411. The van der Waals surface area contributed by atoms with Gasteiger partial charge >= 0.3 is 0 Å². The number of nitrogens with one attached hydrogen (secondary N) is 1. The third-order valence-corrected chi connectivity index (χ3v) is 2.94. The van der Waals surface area contributed by atoms with Crippen LogP contribution < -0.4 is 11.1 Å². The second kappa shape index (κ2) is 4.14. The van der Waals surface area contributed by atoms with E-state index in [1.165, 1.54) is 0 Å². The number of aryl methyl sites for hydroxylation is 1. The number of aliphatic hydroxyl groups is 1. The number of benzene rings is 1. The van der Waals surface area contributed by atoms with Gasteiger partial charge in [-0.2, -0.15) is 0 Å². The lowest BCUT2D eigenvalue weighted by Crippen LogP contribution is -2.46. The van der Waals surface area contributed by atoms with Gasteiger partial charge in [0.15, 0.2) is 0 Å². The number of aliphatic hydroxyl groups excluding tert-OH is 1. The summed E-state index contributed by atoms with van der Waals surface area (Å²) in [4.78, 5) is 11.9. The molecule has 0 aliphatic heterocycles. The fourth-order valence-electron chi connectivity index (χ4n) is 1.91. The summed E-state index contributed by atoms with van der Waals surface area (Å²) in [6.07, 6.45) is 1.05. The summed E-state index contributed by atoms with van der Waals surface area (Å²) in [6.45, 7) is 1.86. The van der Waals surface area contributed by atoms with Gasteiger partial charge in [0.25, 0.3) is 5.91 Å². The summed E-state index contributed by atoms with van der Waals surface area (Å²) in [5, 5.41) is 12.0. The molecule has 4 nitrogen and oxygen atoms in total. The van der Waals surface area contributed by atoms with Crippen molar-refractivity contribution in [1.82, 2.24) is 5.32 Å². The Hall–Kier alpha value is -1.55. The van der Waals surface area contributed by atoms with Crippen LogP contribution in [0.2, 0.25) is 0 Å². The predicted molar refractivity (Wildman–Crippen MR) is 62.1 cm³/mol. The van der Waals surface area contributed by atoms with Gasteiger partial charge in [0.1, 0.15) is 0 Å². The molecule has 1 saturated carbocycles. The number of amides is 1. The highest BCUT2D eigenvalue weighted by molar-refractivity contribution is 5.96. The first-order chi connectivity index (χ1) is 7.56. The maximum Gasteiger partial charge on any atom is 0.251 e. The van der Waals surface area contributed by atoms with E-state index in [-0.39, 0.29) is 18.1 Å². The zero-order valence-electron chi connectivity index (χ0n) is 9.23. The Labute approximate surface area is 94.5 Å². The number of anilines is 1. The number of nitrogen functional groups attached to an aromatic ring is 1. The number of carbonyl (C=O) groups excluding carboxylic acids is 1. The maximum absolute atomic E-state index is 11.9. The van der Waals surface area contributed by atoms with E-state index in [1.807, 2.05) is 6.92 Å². The van der Waals surface area contributed by atoms with Crippen LogP contribution in [0.5, 0.6) is 0 Å². The fourth-order valence-corrected chi connectivity index (χ4v) is 1.91. The Morgan fingerprint density at radius 3 is 2.75 bits per heavy atom. The average molecular weight is 220 g/mol. The average Bonchev–Trinajstić information content (AvgIpc) is 2.15. The number of rotatable bonds is 2. The highest BCUT2D eigenvalue weighted by Gasteiger charge is 2.28. The molecule has 1 aliphatic rings. The molecule has 4 heteroatoms. The molecule has 16 heavy (non-hydrogen) atoms. The van der Waals surface area contributed by atoms with E-state index in [9.17, 15) is 4.79 Å². The highest BCUT2D eigenvalue weighted by atomic mass is 16.3. The maximum atomic E-state index is 11.9. The van der Waals surface area contributed by atoms with Gasteiger partial charge in [-0.25, -0.2) is 0 Å². The molecule has 0 saturated heterocycles. The van der Waals surface area contributed by atoms with Gasteiger partial charge in [0, 0.05) is 17.3 Å². The summed E-state index contributed by atoms with van der Waals surface area (Å²) in [7, 11) is 0. The molecule has 86 valence electrons. The molecule has 0 unspecified atom stereocenters. The quantitative estimate of drug-likeness (QED) is 0.646. The second-order valence-electron chi connectivity index (χ2n) is 4.37. The van der Waals surface area contributed by atoms with Crippen molar-refractivity contribution in [2.75, 3.05) is 5.73 Å². The van der Waals surface area contributed by atoms with E-state index in [0.29, 0.717) is 24.1 Å². The Morgan fingerprint density at radius 2 is 2.19 bits per heavy atom. The molecular weight excluding hydrogens is 204 g/mol. The molecule has 1 aliphatic carbocycles. The first-order valence-electron chi connectivity index (χ1n) is 5.41. The molecule has 0 spiro atoms. The zero-order chi connectivity index (χ0) is 11.7. The van der Waals surface area contributed by atoms with E-state index in [4.69, 9.17) is 10.8 Å². The molecule has 2 rings (SSSR count). The van der Waals surface area contributed by atoms with E-state index >= 15 is 0 Å². The van der Waals surface area contributed by atoms with Gasteiger partial charge in [0.2, 0.25) is 0 Å². The lowest BCUT2D eigenvalue weighted by Gasteiger charge is -2.32. The molecule has 1 aromatic rings. The van der Waals surface area contributed by atoms with Crippen molar-refractivity contribution < 1.29 is 9.90 Å². The van der Waals surface area contributed by atoms with Crippen LogP contribution in [0, 0.1) is 6.92 Å². The second-order valence-corrected chi connectivity index (χ2v) is 4.37. The SMILES string of the molecule is Cc1cc(N)ccc1C(=O)NC1CC(O)C1. The molecule has 4 N–H and O–H groups in total. The first kappa shape index (κ1) is 11.0. The monoisotopic (exact) mass is 220 g/mol. The highest BCUT2D eigenvalue weighted by Crippen LogP contribution is 2.20. The molecule has 0 bridgehead atoms. The van der Waals surface area contributed by atoms with Crippen LogP contribution in [0.15, 0.2) is 18.2 Å². The zero-order valence-corrected chi connectivity index (χ0v) is 9.23. The minimum Gasteiger partial charge on any atom is -0.399 e.